The van der Waals surface area contributed by atoms with Gasteiger partial charge in [0.2, 0.25) is 41.4 Å². The summed E-state index contributed by atoms with van der Waals surface area (Å²) < 4.78 is 2.70. The molecule has 5 aliphatic rings. The normalized spacial score (nSPS) is 16.2. The van der Waals surface area contributed by atoms with Gasteiger partial charge in [0.25, 0.3) is 0 Å². The average molecular weight is 908 g/mol. The second-order valence-electron chi connectivity index (χ2n) is 12.6. The zero-order valence-corrected chi connectivity index (χ0v) is 34.6. The van der Waals surface area contributed by atoms with E-state index in [9.17, 15) is 33.6 Å². The number of fused-ring (bicyclic) bond motifs is 3. The van der Waals surface area contributed by atoms with E-state index in [4.69, 9.17) is 23.4 Å². The van der Waals surface area contributed by atoms with Gasteiger partial charge in [0.15, 0.2) is 0 Å². The predicted octanol–water partition coefficient (Wildman–Crippen LogP) is 6.94. The summed E-state index contributed by atoms with van der Waals surface area (Å²) in [5, 5.41) is 0.740. The summed E-state index contributed by atoms with van der Waals surface area (Å²) in [7, 11) is 0. The molecule has 0 aliphatic carbocycles. The van der Waals surface area contributed by atoms with E-state index in [0.29, 0.717) is 17.3 Å². The van der Waals surface area contributed by atoms with Crippen LogP contribution in [0.4, 0.5) is 17.1 Å². The highest BCUT2D eigenvalue weighted by molar-refractivity contribution is 9.10. The Labute approximate surface area is 340 Å². The third-order valence-electron chi connectivity index (χ3n) is 8.88. The predicted molar refractivity (Wildman–Crippen MR) is 214 cm³/mol. The van der Waals surface area contributed by atoms with Gasteiger partial charge in [-0.2, -0.15) is 4.42 Å². The molecule has 5 aliphatic heterocycles. The summed E-state index contributed by atoms with van der Waals surface area (Å²) in [5.74, 6) is -0.513. The molecule has 0 unspecified atom stereocenters. The molecule has 8 rings (SSSR count). The molecule has 3 aromatic carbocycles. The molecule has 16 heteroatoms. The Balaban J connectivity index is 0.000000153. The molecule has 5 heterocycles. The number of rotatable bonds is 0. The van der Waals surface area contributed by atoms with Crippen LogP contribution in [0.3, 0.4) is 0 Å². The number of amides is 7. The van der Waals surface area contributed by atoms with E-state index in [1.807, 2.05) is 58.3 Å². The van der Waals surface area contributed by atoms with E-state index in [2.05, 4.69) is 44.2 Å². The van der Waals surface area contributed by atoms with Crippen LogP contribution < -0.4 is 14.7 Å². The van der Waals surface area contributed by atoms with Gasteiger partial charge in [-0.15, -0.1) is 0 Å². The number of carbonyl (C=O) groups excluding carboxylic acids is 7. The van der Waals surface area contributed by atoms with E-state index < -0.39 is 0 Å². The minimum atomic E-state index is -0.295. The highest BCUT2D eigenvalue weighted by Crippen LogP contribution is 2.31. The van der Waals surface area contributed by atoms with Gasteiger partial charge < -0.3 is 14.7 Å². The van der Waals surface area contributed by atoms with Gasteiger partial charge in [-0.05, 0) is 78.4 Å². The molecule has 2 saturated heterocycles. The van der Waals surface area contributed by atoms with Crippen LogP contribution >= 0.6 is 55.5 Å². The SMILES string of the molecule is CC(=O)N1CCc2cc(Br)ccc21.CC(=O)N1CCc2cc(Cl)ccc21.CC(=O)N1CCc2ccccc21.O=C1CCC(=O)N1Br.O=C1CCC(=O)N1Cl. The second kappa shape index (κ2) is 19.5. The maximum absolute atomic E-state index is 11.2. The van der Waals surface area contributed by atoms with Gasteiger partial charge in [-0.3, -0.25) is 33.6 Å². The number of para-hydroxylation sites is 1. The zero-order valence-electron chi connectivity index (χ0n) is 30.0. The number of nitrogens with zero attached hydrogens (tertiary/aromatic N) is 5. The lowest BCUT2D eigenvalue weighted by Crippen LogP contribution is -2.25. The molecular weight excluding hydrogens is 869 g/mol. The number of imide groups is 2. The third-order valence-corrected chi connectivity index (χ3v) is 10.8. The first kappa shape index (κ1) is 42.6. The lowest BCUT2D eigenvalue weighted by Gasteiger charge is -2.14. The minimum Gasteiger partial charge on any atom is -0.312 e. The molecule has 0 saturated carbocycles. The maximum atomic E-state index is 11.2. The Morgan fingerprint density at radius 1 is 0.556 bits per heavy atom. The largest absolute Gasteiger partial charge is 0.312 e. The first-order chi connectivity index (χ1) is 25.6. The smallest absolute Gasteiger partial charge is 0.244 e. The van der Waals surface area contributed by atoms with E-state index in [1.165, 1.54) is 16.7 Å². The van der Waals surface area contributed by atoms with Gasteiger partial charge in [0, 0.05) is 104 Å². The second-order valence-corrected chi connectivity index (χ2v) is 15.0. The summed E-state index contributed by atoms with van der Waals surface area (Å²) >= 11 is 17.2. The number of benzene rings is 3. The Morgan fingerprint density at radius 3 is 1.39 bits per heavy atom. The van der Waals surface area contributed by atoms with E-state index >= 15 is 0 Å². The highest BCUT2D eigenvalue weighted by atomic mass is 79.9. The molecule has 0 bridgehead atoms. The van der Waals surface area contributed by atoms with Crippen molar-refractivity contribution in [2.24, 2.45) is 0 Å². The third kappa shape index (κ3) is 11.0. The maximum Gasteiger partial charge on any atom is 0.244 e. The van der Waals surface area contributed by atoms with Crippen molar-refractivity contribution in [1.29, 1.82) is 0 Å². The van der Waals surface area contributed by atoms with Crippen LogP contribution in [-0.4, -0.2) is 69.3 Å². The lowest BCUT2D eigenvalue weighted by atomic mass is 10.2. The van der Waals surface area contributed by atoms with Gasteiger partial charge in [-0.1, -0.05) is 45.7 Å². The van der Waals surface area contributed by atoms with Crippen molar-refractivity contribution in [2.75, 3.05) is 34.3 Å². The van der Waals surface area contributed by atoms with Gasteiger partial charge in [-0.25, -0.2) is 3.93 Å². The summed E-state index contributed by atoms with van der Waals surface area (Å²) in [6, 6.07) is 19.8. The molecule has 286 valence electrons. The standard InChI is InChI=1S/C10H10BrNO.C10H10ClNO.C10H11NO.C4H4BrNO2.C4H4ClNO2/c2*1-7(13)12-5-4-8-6-9(11)2-3-10(8)12;1-8(12)11-7-6-9-4-2-3-5-10(9)11;2*5-6-3(7)1-2-4(6)8/h2*2-3,6H,4-5H2,1H3;2-5H,6-7H2,1H3;2*1-2H2. The fourth-order valence-corrected chi connectivity index (χ4v) is 7.29. The summed E-state index contributed by atoms with van der Waals surface area (Å²) in [4.78, 5) is 80.6. The minimum absolute atomic E-state index is 0.0982. The van der Waals surface area contributed by atoms with Gasteiger partial charge in [0.1, 0.15) is 0 Å². The molecule has 54 heavy (non-hydrogen) atoms. The number of hydrogen-bond acceptors (Lipinski definition) is 7. The van der Waals surface area contributed by atoms with Crippen LogP contribution in [0.2, 0.25) is 5.02 Å². The fourth-order valence-electron chi connectivity index (χ4n) is 6.16. The Morgan fingerprint density at radius 2 is 0.963 bits per heavy atom. The van der Waals surface area contributed by atoms with Crippen molar-refractivity contribution < 1.29 is 33.6 Å². The summed E-state index contributed by atoms with van der Waals surface area (Å²) in [5.41, 5.74) is 6.87. The lowest BCUT2D eigenvalue weighted by molar-refractivity contribution is -0.133. The van der Waals surface area contributed by atoms with Crippen LogP contribution in [0, 0.1) is 0 Å². The van der Waals surface area contributed by atoms with Crippen molar-refractivity contribution in [3.05, 3.63) is 86.8 Å². The summed E-state index contributed by atoms with van der Waals surface area (Å²) in [6.45, 7) is 7.25. The first-order valence-corrected chi connectivity index (χ1v) is 19.3. The average Bonchev–Trinajstić information content (AvgIpc) is 3.97. The molecule has 7 amide bonds. The van der Waals surface area contributed by atoms with E-state index in [1.54, 1.807) is 25.7 Å². The Bertz CT molecular complexity index is 1820. The number of hydrogen-bond donors (Lipinski definition) is 0. The fraction of sp³-hybridized carbons (Fsp3) is 0.342. The molecule has 0 aromatic heterocycles. The summed E-state index contributed by atoms with van der Waals surface area (Å²) in [6.07, 6.45) is 4.11. The Hall–Kier alpha value is -4.11. The quantitative estimate of drug-likeness (QED) is 0.176. The van der Waals surface area contributed by atoms with E-state index in [0.717, 1.165) is 69.4 Å². The molecular formula is C38H39Br2Cl2N5O7. The molecule has 3 aromatic rings. The number of anilines is 3. The van der Waals surface area contributed by atoms with Crippen molar-refractivity contribution in [3.8, 4) is 0 Å². The van der Waals surface area contributed by atoms with Gasteiger partial charge in [0.05, 0.1) is 16.1 Å². The number of carbonyl (C=O) groups is 7. The molecule has 0 atom stereocenters. The molecule has 0 radical (unpaired) electrons. The highest BCUT2D eigenvalue weighted by Gasteiger charge is 2.28. The van der Waals surface area contributed by atoms with Crippen LogP contribution in [0.15, 0.2) is 65.1 Å². The molecule has 0 spiro atoms. The monoisotopic (exact) mass is 905 g/mol. The van der Waals surface area contributed by atoms with Crippen LogP contribution in [0.25, 0.3) is 0 Å². The van der Waals surface area contributed by atoms with E-state index in [-0.39, 0.29) is 54.2 Å². The zero-order chi connectivity index (χ0) is 39.7. The van der Waals surface area contributed by atoms with Gasteiger partial charge >= 0.3 is 0 Å². The molecule has 0 N–H and O–H groups in total. The van der Waals surface area contributed by atoms with Crippen LogP contribution in [0.5, 0.6) is 0 Å². The molecule has 2 fully saturated rings. The number of halogens is 4. The molecule has 12 nitrogen and oxygen atoms in total. The van der Waals surface area contributed by atoms with Crippen molar-refractivity contribution in [3.63, 3.8) is 0 Å². The van der Waals surface area contributed by atoms with Crippen LogP contribution in [0.1, 0.15) is 63.1 Å². The van der Waals surface area contributed by atoms with Crippen molar-refractivity contribution >= 4 is 114 Å². The topological polar surface area (TPSA) is 136 Å². The Kier molecular flexibility index (Phi) is 15.4. The van der Waals surface area contributed by atoms with Crippen molar-refractivity contribution in [1.82, 2.24) is 8.34 Å². The van der Waals surface area contributed by atoms with Crippen LogP contribution in [-0.2, 0) is 52.8 Å². The first-order valence-electron chi connectivity index (χ1n) is 17.1. The van der Waals surface area contributed by atoms with Crippen molar-refractivity contribution in [2.45, 2.75) is 65.7 Å².